The van der Waals surface area contributed by atoms with Crippen LogP contribution in [0, 0.1) is 0 Å². The largest absolute Gasteiger partial charge is 0.392 e. The number of aliphatic hydroxyl groups is 1. The van der Waals surface area contributed by atoms with Crippen LogP contribution in [0.1, 0.15) is 37.8 Å². The minimum absolute atomic E-state index is 0.169. The molecule has 0 spiro atoms. The number of aliphatic hydroxyl groups excluding tert-OH is 1. The lowest BCUT2D eigenvalue weighted by molar-refractivity contribution is 0.173. The smallest absolute Gasteiger partial charge is 0.146 e. The van der Waals surface area contributed by atoms with Crippen LogP contribution >= 0.6 is 0 Å². The number of hydrogen-bond donors (Lipinski definition) is 1. The average Bonchev–Trinajstić information content (AvgIpc) is 2.76. The Bertz CT molecular complexity index is 361. The van der Waals surface area contributed by atoms with Crippen molar-refractivity contribution in [2.45, 2.75) is 38.8 Å². The van der Waals surface area contributed by atoms with E-state index in [4.69, 9.17) is 0 Å². The van der Waals surface area contributed by atoms with Crippen molar-refractivity contribution in [1.82, 2.24) is 19.7 Å². The molecular formula is C11H20N4O. The van der Waals surface area contributed by atoms with Gasteiger partial charge in [0.2, 0.25) is 0 Å². The first-order valence-electron chi connectivity index (χ1n) is 5.86. The summed E-state index contributed by atoms with van der Waals surface area (Å²) < 4.78 is 2.06. The van der Waals surface area contributed by atoms with Crippen LogP contribution in [-0.4, -0.2) is 44.0 Å². The summed E-state index contributed by atoms with van der Waals surface area (Å²) in [4.78, 5) is 2.22. The molecule has 5 nitrogen and oxygen atoms in total. The van der Waals surface area contributed by atoms with Crippen molar-refractivity contribution >= 4 is 0 Å². The first kappa shape index (κ1) is 11.5. The van der Waals surface area contributed by atoms with E-state index < -0.39 is 0 Å². The molecule has 1 aliphatic heterocycles. The van der Waals surface area contributed by atoms with Gasteiger partial charge in [-0.15, -0.1) is 10.2 Å². The third kappa shape index (κ3) is 2.25. The first-order chi connectivity index (χ1) is 7.58. The zero-order valence-electron chi connectivity index (χ0n) is 10.2. The summed E-state index contributed by atoms with van der Waals surface area (Å²) in [5.41, 5.74) is 0. The van der Waals surface area contributed by atoms with Crippen molar-refractivity contribution in [1.29, 1.82) is 0 Å². The van der Waals surface area contributed by atoms with Crippen LogP contribution in [0.4, 0.5) is 0 Å². The lowest BCUT2D eigenvalue weighted by Crippen LogP contribution is -2.23. The molecule has 1 aromatic heterocycles. The highest BCUT2D eigenvalue weighted by atomic mass is 16.3. The molecule has 0 aliphatic carbocycles. The summed E-state index contributed by atoms with van der Waals surface area (Å²) in [6, 6.07) is 0. The average molecular weight is 224 g/mol. The van der Waals surface area contributed by atoms with E-state index in [-0.39, 0.29) is 6.10 Å². The highest BCUT2D eigenvalue weighted by Crippen LogP contribution is 2.15. The van der Waals surface area contributed by atoms with Gasteiger partial charge in [-0.3, -0.25) is 4.90 Å². The summed E-state index contributed by atoms with van der Waals surface area (Å²) in [5, 5.41) is 17.9. The molecule has 0 aromatic carbocycles. The molecule has 1 saturated heterocycles. The fourth-order valence-corrected chi connectivity index (χ4v) is 2.17. The molecule has 90 valence electrons. The number of hydrogen-bond acceptors (Lipinski definition) is 4. The Kier molecular flexibility index (Phi) is 3.25. The van der Waals surface area contributed by atoms with Gasteiger partial charge in [0.1, 0.15) is 11.6 Å². The highest BCUT2D eigenvalue weighted by molar-refractivity contribution is 4.99. The van der Waals surface area contributed by atoms with Gasteiger partial charge in [0.15, 0.2) is 0 Å². The zero-order chi connectivity index (χ0) is 11.7. The molecule has 0 saturated carbocycles. The Morgan fingerprint density at radius 1 is 1.44 bits per heavy atom. The Hall–Kier alpha value is -0.940. The zero-order valence-corrected chi connectivity index (χ0v) is 10.2. The standard InChI is InChI=1S/C11H20N4O/c1-8(2)11-13-12-10(14(11)3)7-15-5-4-9(16)6-15/h8-9,16H,4-7H2,1-3H3. The molecule has 2 rings (SSSR count). The minimum Gasteiger partial charge on any atom is -0.392 e. The normalized spacial score (nSPS) is 22.2. The molecule has 0 amide bonds. The van der Waals surface area contributed by atoms with E-state index in [1.54, 1.807) is 0 Å². The summed E-state index contributed by atoms with van der Waals surface area (Å²) in [6.45, 7) is 6.73. The maximum Gasteiger partial charge on any atom is 0.146 e. The lowest BCUT2D eigenvalue weighted by atomic mass is 10.2. The monoisotopic (exact) mass is 224 g/mol. The number of nitrogens with zero attached hydrogens (tertiary/aromatic N) is 4. The number of rotatable bonds is 3. The number of β-amino-alcohol motifs (C(OH)–C–C–N with tert-alkyl or cyclic N) is 1. The van der Waals surface area contributed by atoms with Crippen molar-refractivity contribution in [3.05, 3.63) is 11.6 Å². The van der Waals surface area contributed by atoms with Gasteiger partial charge in [0, 0.05) is 26.1 Å². The molecule has 0 radical (unpaired) electrons. The Morgan fingerprint density at radius 2 is 2.19 bits per heavy atom. The van der Waals surface area contributed by atoms with Crippen LogP contribution in [0.25, 0.3) is 0 Å². The first-order valence-corrected chi connectivity index (χ1v) is 5.86. The summed E-state index contributed by atoms with van der Waals surface area (Å²) in [7, 11) is 2.01. The topological polar surface area (TPSA) is 54.2 Å². The maximum absolute atomic E-state index is 9.46. The van der Waals surface area contributed by atoms with E-state index in [9.17, 15) is 5.11 Å². The van der Waals surface area contributed by atoms with Crippen LogP contribution in [0.15, 0.2) is 0 Å². The Labute approximate surface area is 96.1 Å². The van der Waals surface area contributed by atoms with Crippen LogP contribution in [0.2, 0.25) is 0 Å². The fraction of sp³-hybridized carbons (Fsp3) is 0.818. The van der Waals surface area contributed by atoms with Gasteiger partial charge in [-0.2, -0.15) is 0 Å². The van der Waals surface area contributed by atoms with Gasteiger partial charge >= 0.3 is 0 Å². The fourth-order valence-electron chi connectivity index (χ4n) is 2.17. The third-order valence-corrected chi connectivity index (χ3v) is 3.13. The van der Waals surface area contributed by atoms with Gasteiger partial charge in [-0.25, -0.2) is 0 Å². The Balaban J connectivity index is 2.05. The highest BCUT2D eigenvalue weighted by Gasteiger charge is 2.22. The lowest BCUT2D eigenvalue weighted by Gasteiger charge is -2.14. The summed E-state index contributed by atoms with van der Waals surface area (Å²) in [6.07, 6.45) is 0.701. The second kappa shape index (κ2) is 4.51. The minimum atomic E-state index is -0.169. The molecule has 1 aliphatic rings. The van der Waals surface area contributed by atoms with Crippen LogP contribution in [0.5, 0.6) is 0 Å². The van der Waals surface area contributed by atoms with Crippen molar-refractivity contribution in [3.8, 4) is 0 Å². The number of likely N-dealkylation sites (tertiary alicyclic amines) is 1. The van der Waals surface area contributed by atoms with Crippen molar-refractivity contribution < 1.29 is 5.11 Å². The van der Waals surface area contributed by atoms with Gasteiger partial charge in [0.05, 0.1) is 12.6 Å². The van der Waals surface area contributed by atoms with Crippen molar-refractivity contribution in [2.75, 3.05) is 13.1 Å². The van der Waals surface area contributed by atoms with Gasteiger partial charge in [-0.1, -0.05) is 13.8 Å². The number of aromatic nitrogens is 3. The van der Waals surface area contributed by atoms with E-state index in [2.05, 4.69) is 33.5 Å². The quantitative estimate of drug-likeness (QED) is 0.812. The molecule has 1 fully saturated rings. The van der Waals surface area contributed by atoms with Crippen LogP contribution < -0.4 is 0 Å². The predicted molar refractivity (Wildman–Crippen MR) is 61.0 cm³/mol. The molecule has 16 heavy (non-hydrogen) atoms. The molecule has 5 heteroatoms. The Morgan fingerprint density at radius 3 is 2.69 bits per heavy atom. The molecule has 1 unspecified atom stereocenters. The van der Waals surface area contributed by atoms with Gasteiger partial charge in [-0.05, 0) is 6.42 Å². The van der Waals surface area contributed by atoms with Gasteiger partial charge in [0.25, 0.3) is 0 Å². The molecule has 1 atom stereocenters. The van der Waals surface area contributed by atoms with Crippen molar-refractivity contribution in [3.63, 3.8) is 0 Å². The SMILES string of the molecule is CC(C)c1nnc(CN2CCC(O)C2)n1C. The molecule has 2 heterocycles. The molecule has 1 N–H and O–H groups in total. The molecule has 1 aromatic rings. The maximum atomic E-state index is 9.46. The summed E-state index contributed by atoms with van der Waals surface area (Å²) >= 11 is 0. The van der Waals surface area contributed by atoms with E-state index in [1.807, 2.05) is 7.05 Å². The molecule has 0 bridgehead atoms. The van der Waals surface area contributed by atoms with Crippen LogP contribution in [0.3, 0.4) is 0 Å². The third-order valence-electron chi connectivity index (χ3n) is 3.13. The van der Waals surface area contributed by atoms with Crippen LogP contribution in [-0.2, 0) is 13.6 Å². The molecular weight excluding hydrogens is 204 g/mol. The van der Waals surface area contributed by atoms with E-state index in [0.29, 0.717) is 5.92 Å². The second-order valence-corrected chi connectivity index (χ2v) is 4.87. The van der Waals surface area contributed by atoms with E-state index in [1.165, 1.54) is 0 Å². The predicted octanol–water partition coefficient (Wildman–Crippen LogP) is 0.505. The summed E-state index contributed by atoms with van der Waals surface area (Å²) in [5.74, 6) is 2.41. The second-order valence-electron chi connectivity index (χ2n) is 4.87. The van der Waals surface area contributed by atoms with E-state index in [0.717, 1.165) is 37.7 Å². The van der Waals surface area contributed by atoms with Crippen molar-refractivity contribution in [2.24, 2.45) is 7.05 Å². The van der Waals surface area contributed by atoms with E-state index >= 15 is 0 Å². The van der Waals surface area contributed by atoms with Gasteiger partial charge < -0.3 is 9.67 Å².